The van der Waals surface area contributed by atoms with E-state index < -0.39 is 7.82 Å². The van der Waals surface area contributed by atoms with Crippen LogP contribution in [0.3, 0.4) is 0 Å². The van der Waals surface area contributed by atoms with Gasteiger partial charge in [-0.3, -0.25) is 9.69 Å². The molecule has 2 aliphatic heterocycles. The highest BCUT2D eigenvalue weighted by Gasteiger charge is 2.19. The van der Waals surface area contributed by atoms with Crippen LogP contribution in [0.2, 0.25) is 10.0 Å². The molecule has 2 aliphatic rings. The summed E-state index contributed by atoms with van der Waals surface area (Å²) < 4.78 is 14.8. The average molecular weight is 564 g/mol. The van der Waals surface area contributed by atoms with E-state index in [2.05, 4.69) is 21.2 Å². The number of piperazine rings is 1. The second-order valence-corrected chi connectivity index (χ2v) is 10.1. The summed E-state index contributed by atoms with van der Waals surface area (Å²) in [5.74, 6) is 0.903. The maximum absolute atomic E-state index is 11.5. The molecule has 1 saturated heterocycles. The zero-order valence-electron chi connectivity index (χ0n) is 19.7. The quantitative estimate of drug-likeness (QED) is 0.296. The van der Waals surface area contributed by atoms with Gasteiger partial charge in [0.25, 0.3) is 0 Å². The second-order valence-electron chi connectivity index (χ2n) is 8.34. The Bertz CT molecular complexity index is 1050. The van der Waals surface area contributed by atoms with Crippen molar-refractivity contribution < 1.29 is 34.3 Å². The first-order valence-electron chi connectivity index (χ1n) is 11.4. The summed E-state index contributed by atoms with van der Waals surface area (Å²) in [6.07, 6.45) is 3.47. The topological polar surface area (TPSA) is 154 Å². The maximum atomic E-state index is 11.5. The number of nitrogens with one attached hydrogen (secondary N) is 1. The molecule has 0 aromatic heterocycles. The molecule has 2 aromatic rings. The number of carbonyl (C=O) groups excluding carboxylic acids is 1. The van der Waals surface area contributed by atoms with E-state index in [1.54, 1.807) is 0 Å². The Labute approximate surface area is 220 Å². The van der Waals surface area contributed by atoms with Crippen LogP contribution in [0.1, 0.15) is 24.8 Å². The van der Waals surface area contributed by atoms with E-state index in [9.17, 15) is 4.79 Å². The standard InChI is InChI=1S/C23H27Cl2N3O2.H3O4P.H2O/c24-19-4-3-5-21(23(19)25)28-13-11-27(12-14-28)10-1-2-15-30-18-8-6-17-7-9-22(29)26-20(17)16-18;1-5(2,3)4;/h3-6,8,16H,1-2,7,9-15H2,(H,26,29);(H3,1,2,3,4);1H2. The fraction of sp³-hybridized carbons (Fsp3) is 0.435. The first-order valence-corrected chi connectivity index (χ1v) is 13.7. The minimum Gasteiger partial charge on any atom is -0.494 e. The fourth-order valence-electron chi connectivity index (χ4n) is 4.02. The molecule has 10 nitrogen and oxygen atoms in total. The van der Waals surface area contributed by atoms with E-state index >= 15 is 0 Å². The number of hydrogen-bond donors (Lipinski definition) is 4. The van der Waals surface area contributed by atoms with Gasteiger partial charge in [-0.2, -0.15) is 0 Å². The van der Waals surface area contributed by atoms with Crippen molar-refractivity contribution >= 4 is 48.3 Å². The van der Waals surface area contributed by atoms with Crippen LogP contribution >= 0.6 is 31.0 Å². The molecular formula is C23H32Cl2N3O7P. The van der Waals surface area contributed by atoms with Crippen molar-refractivity contribution in [2.24, 2.45) is 0 Å². The zero-order chi connectivity index (χ0) is 25.4. The molecule has 2 heterocycles. The maximum Gasteiger partial charge on any atom is 0.466 e. The van der Waals surface area contributed by atoms with Crippen molar-refractivity contribution in [1.29, 1.82) is 0 Å². The Morgan fingerprint density at radius 1 is 1.00 bits per heavy atom. The Morgan fingerprint density at radius 3 is 2.39 bits per heavy atom. The van der Waals surface area contributed by atoms with Crippen LogP contribution in [-0.2, 0) is 15.8 Å². The van der Waals surface area contributed by atoms with E-state index in [1.807, 2.05) is 30.3 Å². The van der Waals surface area contributed by atoms with Crippen molar-refractivity contribution in [2.75, 3.05) is 49.5 Å². The van der Waals surface area contributed by atoms with Crippen molar-refractivity contribution in [3.05, 3.63) is 52.0 Å². The molecule has 0 atom stereocenters. The van der Waals surface area contributed by atoms with Crippen molar-refractivity contribution in [3.63, 3.8) is 0 Å². The minimum atomic E-state index is -4.64. The van der Waals surface area contributed by atoms with Gasteiger partial charge >= 0.3 is 7.82 Å². The lowest BCUT2D eigenvalue weighted by molar-refractivity contribution is -0.116. The fourth-order valence-corrected chi connectivity index (χ4v) is 4.43. The van der Waals surface area contributed by atoms with Crippen LogP contribution in [0, 0.1) is 0 Å². The zero-order valence-corrected chi connectivity index (χ0v) is 22.1. The Kier molecular flexibility index (Phi) is 11.9. The van der Waals surface area contributed by atoms with Gasteiger partial charge in [0.1, 0.15) is 5.75 Å². The number of rotatable bonds is 7. The summed E-state index contributed by atoms with van der Waals surface area (Å²) in [5, 5.41) is 4.18. The van der Waals surface area contributed by atoms with E-state index in [1.165, 1.54) is 5.56 Å². The van der Waals surface area contributed by atoms with Crippen molar-refractivity contribution in [3.8, 4) is 5.75 Å². The van der Waals surface area contributed by atoms with E-state index in [4.69, 9.17) is 47.2 Å². The monoisotopic (exact) mass is 563 g/mol. The Balaban J connectivity index is 0.000000694. The van der Waals surface area contributed by atoms with E-state index in [0.29, 0.717) is 23.1 Å². The molecule has 0 bridgehead atoms. The lowest BCUT2D eigenvalue weighted by Gasteiger charge is -2.36. The van der Waals surface area contributed by atoms with Gasteiger partial charge in [-0.1, -0.05) is 35.3 Å². The SMILES string of the molecule is O.O=C1CCc2ccc(OCCCCN3CCN(c4cccc(Cl)c4Cl)CC3)cc2N1.O=P(O)(O)O. The van der Waals surface area contributed by atoms with Gasteiger partial charge in [0.15, 0.2) is 0 Å². The number of ether oxygens (including phenoxy) is 1. The molecule has 4 rings (SSSR count). The first kappa shape index (κ1) is 30.3. The molecule has 200 valence electrons. The van der Waals surface area contributed by atoms with Crippen LogP contribution < -0.4 is 15.0 Å². The number of benzene rings is 2. The number of phosphoric acid groups is 1. The van der Waals surface area contributed by atoms with Crippen LogP contribution in [-0.4, -0.2) is 70.3 Å². The summed E-state index contributed by atoms with van der Waals surface area (Å²) in [7, 11) is -4.64. The largest absolute Gasteiger partial charge is 0.494 e. The molecule has 2 aromatic carbocycles. The third-order valence-corrected chi connectivity index (χ3v) is 6.57. The Hall–Kier alpha value is -1.88. The molecule has 13 heteroatoms. The molecule has 6 N–H and O–H groups in total. The van der Waals surface area contributed by atoms with Gasteiger partial charge < -0.3 is 35.1 Å². The normalized spacial score (nSPS) is 15.7. The molecule has 36 heavy (non-hydrogen) atoms. The minimum absolute atomic E-state index is 0. The summed E-state index contributed by atoms with van der Waals surface area (Å²) in [6.45, 7) is 5.71. The average Bonchev–Trinajstić information content (AvgIpc) is 2.80. The van der Waals surface area contributed by atoms with Crippen LogP contribution in [0.4, 0.5) is 11.4 Å². The molecule has 0 spiro atoms. The molecule has 0 saturated carbocycles. The third-order valence-electron chi connectivity index (χ3n) is 5.76. The lowest BCUT2D eigenvalue weighted by atomic mass is 10.0. The number of halogens is 2. The summed E-state index contributed by atoms with van der Waals surface area (Å²) in [4.78, 5) is 37.9. The number of anilines is 2. The molecule has 1 fully saturated rings. The van der Waals surface area contributed by atoms with Crippen LogP contribution in [0.5, 0.6) is 5.75 Å². The van der Waals surface area contributed by atoms with Gasteiger partial charge in [0.2, 0.25) is 5.91 Å². The number of unbranched alkanes of at least 4 members (excludes halogenated alkanes) is 1. The second kappa shape index (κ2) is 14.2. The summed E-state index contributed by atoms with van der Waals surface area (Å²) >= 11 is 12.5. The van der Waals surface area contributed by atoms with Crippen LogP contribution in [0.25, 0.3) is 0 Å². The van der Waals surface area contributed by atoms with Crippen molar-refractivity contribution in [2.45, 2.75) is 25.7 Å². The molecular weight excluding hydrogens is 532 g/mol. The molecule has 0 unspecified atom stereocenters. The number of nitrogens with zero attached hydrogens (tertiary/aromatic N) is 2. The predicted molar refractivity (Wildman–Crippen MR) is 141 cm³/mol. The predicted octanol–water partition coefficient (Wildman–Crippen LogP) is 3.11. The summed E-state index contributed by atoms with van der Waals surface area (Å²) in [5.41, 5.74) is 3.10. The number of carbonyl (C=O) groups is 1. The van der Waals surface area contributed by atoms with Gasteiger partial charge in [-0.05, 0) is 49.6 Å². The first-order chi connectivity index (χ1) is 16.6. The number of aryl methyl sites for hydroxylation is 1. The van der Waals surface area contributed by atoms with Gasteiger partial charge in [0.05, 0.1) is 22.3 Å². The number of amides is 1. The van der Waals surface area contributed by atoms with Crippen LogP contribution in [0.15, 0.2) is 36.4 Å². The third kappa shape index (κ3) is 9.88. The van der Waals surface area contributed by atoms with Gasteiger partial charge in [0, 0.05) is 44.4 Å². The lowest BCUT2D eigenvalue weighted by Crippen LogP contribution is -2.46. The number of fused-ring (bicyclic) bond motifs is 1. The summed E-state index contributed by atoms with van der Waals surface area (Å²) in [6, 6.07) is 11.8. The van der Waals surface area contributed by atoms with E-state index in [-0.39, 0.29) is 11.4 Å². The highest BCUT2D eigenvalue weighted by molar-refractivity contribution is 7.45. The van der Waals surface area contributed by atoms with Crippen molar-refractivity contribution in [1.82, 2.24) is 4.90 Å². The Morgan fingerprint density at radius 2 is 1.69 bits per heavy atom. The smallest absolute Gasteiger partial charge is 0.466 e. The van der Waals surface area contributed by atoms with Gasteiger partial charge in [-0.15, -0.1) is 0 Å². The highest BCUT2D eigenvalue weighted by Crippen LogP contribution is 2.33. The molecule has 0 radical (unpaired) electrons. The molecule has 0 aliphatic carbocycles. The number of hydrogen-bond acceptors (Lipinski definition) is 5. The van der Waals surface area contributed by atoms with E-state index in [0.717, 1.165) is 69.1 Å². The molecule has 1 amide bonds. The van der Waals surface area contributed by atoms with Gasteiger partial charge in [-0.25, -0.2) is 4.57 Å². The highest BCUT2D eigenvalue weighted by atomic mass is 35.5.